The molecule has 1 aromatic heterocycles. The molecule has 1 aromatic carbocycles. The fourth-order valence-corrected chi connectivity index (χ4v) is 3.01. The number of rotatable bonds is 4. The molecule has 1 fully saturated rings. The molecule has 1 N–H and O–H groups in total. The van der Waals surface area contributed by atoms with Gasteiger partial charge in [0, 0.05) is 31.4 Å². The van der Waals surface area contributed by atoms with Crippen molar-refractivity contribution in [2.24, 2.45) is 0 Å². The maximum absolute atomic E-state index is 4.44. The summed E-state index contributed by atoms with van der Waals surface area (Å²) in [6.07, 6.45) is 4.22. The van der Waals surface area contributed by atoms with Crippen molar-refractivity contribution >= 4 is 5.82 Å². The van der Waals surface area contributed by atoms with Crippen LogP contribution in [-0.4, -0.2) is 24.1 Å². The summed E-state index contributed by atoms with van der Waals surface area (Å²) in [7, 11) is 0. The lowest BCUT2D eigenvalue weighted by atomic mass is 10.0. The number of nitrogens with one attached hydrogen (secondary N) is 1. The molecule has 0 spiro atoms. The molecule has 0 aliphatic carbocycles. The summed E-state index contributed by atoms with van der Waals surface area (Å²) in [5, 5.41) is 3.76. The van der Waals surface area contributed by atoms with Gasteiger partial charge in [-0.15, -0.1) is 0 Å². The summed E-state index contributed by atoms with van der Waals surface area (Å²) < 4.78 is 0. The van der Waals surface area contributed by atoms with Gasteiger partial charge in [0.2, 0.25) is 0 Å². The van der Waals surface area contributed by atoms with Gasteiger partial charge in [0.25, 0.3) is 0 Å². The predicted octanol–water partition coefficient (Wildman–Crippen LogP) is 3.40. The van der Waals surface area contributed by atoms with Gasteiger partial charge in [-0.3, -0.25) is 0 Å². The molecule has 3 heteroatoms. The van der Waals surface area contributed by atoms with Gasteiger partial charge >= 0.3 is 0 Å². The molecule has 0 saturated carbocycles. The lowest BCUT2D eigenvalue weighted by molar-refractivity contribution is 0.380. The fourth-order valence-electron chi connectivity index (χ4n) is 3.01. The zero-order valence-corrected chi connectivity index (χ0v) is 12.6. The Kier molecular flexibility index (Phi) is 4.51. The largest absolute Gasteiger partial charge is 0.357 e. The van der Waals surface area contributed by atoms with Gasteiger partial charge in [0.15, 0.2) is 0 Å². The molecule has 110 valence electrons. The van der Waals surface area contributed by atoms with Crippen LogP contribution in [0.15, 0.2) is 54.7 Å². The Morgan fingerprint density at radius 3 is 2.43 bits per heavy atom. The van der Waals surface area contributed by atoms with Crippen LogP contribution in [0.5, 0.6) is 0 Å². The fraction of sp³-hybridized carbons (Fsp3) is 0.389. The zero-order chi connectivity index (χ0) is 14.5. The molecule has 1 atom stereocenters. The van der Waals surface area contributed by atoms with Crippen molar-refractivity contribution in [2.45, 2.75) is 31.8 Å². The van der Waals surface area contributed by atoms with E-state index in [1.54, 1.807) is 0 Å². The second-order valence-corrected chi connectivity index (χ2v) is 5.75. The number of piperidine rings is 1. The molecule has 0 radical (unpaired) electrons. The molecule has 2 heterocycles. The molecule has 0 unspecified atom stereocenters. The highest BCUT2D eigenvalue weighted by molar-refractivity contribution is 5.38. The predicted molar refractivity (Wildman–Crippen MR) is 87.5 cm³/mol. The van der Waals surface area contributed by atoms with Crippen LogP contribution in [0.4, 0.5) is 5.82 Å². The van der Waals surface area contributed by atoms with Crippen LogP contribution in [0.1, 0.15) is 31.4 Å². The Morgan fingerprint density at radius 2 is 1.76 bits per heavy atom. The smallest absolute Gasteiger partial charge is 0.128 e. The Labute approximate surface area is 127 Å². The lowest BCUT2D eigenvalue weighted by Gasteiger charge is -2.34. The molecule has 1 aliphatic heterocycles. The minimum absolute atomic E-state index is 0.414. The topological polar surface area (TPSA) is 28.2 Å². The molecule has 1 saturated heterocycles. The Bertz CT molecular complexity index is 533. The molecule has 21 heavy (non-hydrogen) atoms. The zero-order valence-electron chi connectivity index (χ0n) is 12.6. The van der Waals surface area contributed by atoms with Crippen molar-refractivity contribution in [2.75, 3.05) is 18.0 Å². The number of pyridine rings is 1. The number of anilines is 1. The number of benzene rings is 1. The van der Waals surface area contributed by atoms with E-state index in [0.717, 1.165) is 18.9 Å². The molecule has 3 rings (SSSR count). The summed E-state index contributed by atoms with van der Waals surface area (Å²) in [6, 6.07) is 17.8. The first-order chi connectivity index (χ1) is 10.3. The van der Waals surface area contributed by atoms with Gasteiger partial charge in [0.1, 0.15) is 5.82 Å². The first kappa shape index (κ1) is 14.1. The van der Waals surface area contributed by atoms with E-state index in [1.807, 2.05) is 12.3 Å². The molecule has 0 amide bonds. The van der Waals surface area contributed by atoms with Gasteiger partial charge < -0.3 is 10.2 Å². The quantitative estimate of drug-likeness (QED) is 0.931. The highest BCUT2D eigenvalue weighted by atomic mass is 15.2. The lowest BCUT2D eigenvalue weighted by Crippen LogP contribution is -2.43. The van der Waals surface area contributed by atoms with E-state index in [9.17, 15) is 0 Å². The van der Waals surface area contributed by atoms with E-state index >= 15 is 0 Å². The number of hydrogen-bond donors (Lipinski definition) is 1. The van der Waals surface area contributed by atoms with Crippen LogP contribution < -0.4 is 10.2 Å². The van der Waals surface area contributed by atoms with E-state index in [1.165, 1.54) is 18.4 Å². The van der Waals surface area contributed by atoms with E-state index in [0.29, 0.717) is 12.1 Å². The van der Waals surface area contributed by atoms with Crippen LogP contribution in [-0.2, 0) is 0 Å². The Balaban J connectivity index is 1.52. The summed E-state index contributed by atoms with van der Waals surface area (Å²) >= 11 is 0. The van der Waals surface area contributed by atoms with E-state index < -0.39 is 0 Å². The number of nitrogens with zero attached hydrogens (tertiary/aromatic N) is 2. The van der Waals surface area contributed by atoms with Crippen LogP contribution >= 0.6 is 0 Å². The van der Waals surface area contributed by atoms with Crippen molar-refractivity contribution in [1.82, 2.24) is 10.3 Å². The van der Waals surface area contributed by atoms with Gasteiger partial charge in [0.05, 0.1) is 0 Å². The Morgan fingerprint density at radius 1 is 1.05 bits per heavy atom. The van der Waals surface area contributed by atoms with Crippen molar-refractivity contribution in [3.05, 3.63) is 60.3 Å². The highest BCUT2D eigenvalue weighted by Crippen LogP contribution is 2.20. The first-order valence-corrected chi connectivity index (χ1v) is 7.80. The van der Waals surface area contributed by atoms with Gasteiger partial charge in [-0.25, -0.2) is 4.98 Å². The minimum Gasteiger partial charge on any atom is -0.357 e. The van der Waals surface area contributed by atoms with Crippen LogP contribution in [0, 0.1) is 0 Å². The maximum Gasteiger partial charge on any atom is 0.128 e. The van der Waals surface area contributed by atoms with Crippen LogP contribution in [0.3, 0.4) is 0 Å². The monoisotopic (exact) mass is 281 g/mol. The Hall–Kier alpha value is -1.87. The number of hydrogen-bond acceptors (Lipinski definition) is 3. The van der Waals surface area contributed by atoms with Crippen molar-refractivity contribution < 1.29 is 0 Å². The van der Waals surface area contributed by atoms with Gasteiger partial charge in [-0.05, 0) is 37.5 Å². The second kappa shape index (κ2) is 6.72. The van der Waals surface area contributed by atoms with Gasteiger partial charge in [-0.1, -0.05) is 36.4 Å². The second-order valence-electron chi connectivity index (χ2n) is 5.75. The SMILES string of the molecule is C[C@H](NC1CCN(c2ccccn2)CC1)c1ccccc1. The standard InChI is InChI=1S/C18H23N3/c1-15(16-7-3-2-4-8-16)20-17-10-13-21(14-11-17)18-9-5-6-12-19-18/h2-9,12,15,17,20H,10-11,13-14H2,1H3/t15-/m0/s1. The molecule has 3 nitrogen and oxygen atoms in total. The van der Waals surface area contributed by atoms with Crippen molar-refractivity contribution in [1.29, 1.82) is 0 Å². The molecule has 2 aromatic rings. The summed E-state index contributed by atoms with van der Waals surface area (Å²) in [6.45, 7) is 4.41. The minimum atomic E-state index is 0.414. The average molecular weight is 281 g/mol. The van der Waals surface area contributed by atoms with E-state index in [2.05, 4.69) is 64.6 Å². The summed E-state index contributed by atoms with van der Waals surface area (Å²) in [5.41, 5.74) is 1.37. The van der Waals surface area contributed by atoms with Crippen LogP contribution in [0.25, 0.3) is 0 Å². The third kappa shape index (κ3) is 3.61. The van der Waals surface area contributed by atoms with Crippen LogP contribution in [0.2, 0.25) is 0 Å². The summed E-state index contributed by atoms with van der Waals surface area (Å²) in [4.78, 5) is 6.82. The molecule has 0 bridgehead atoms. The number of aromatic nitrogens is 1. The normalized spacial score (nSPS) is 17.7. The molecule has 1 aliphatic rings. The average Bonchev–Trinajstić information content (AvgIpc) is 2.57. The van der Waals surface area contributed by atoms with E-state index in [4.69, 9.17) is 0 Å². The first-order valence-electron chi connectivity index (χ1n) is 7.80. The third-order valence-electron chi connectivity index (χ3n) is 4.25. The maximum atomic E-state index is 4.44. The van der Waals surface area contributed by atoms with Crippen molar-refractivity contribution in [3.63, 3.8) is 0 Å². The van der Waals surface area contributed by atoms with Crippen molar-refractivity contribution in [3.8, 4) is 0 Å². The summed E-state index contributed by atoms with van der Waals surface area (Å²) in [5.74, 6) is 1.10. The third-order valence-corrected chi connectivity index (χ3v) is 4.25. The van der Waals surface area contributed by atoms with E-state index in [-0.39, 0.29) is 0 Å². The van der Waals surface area contributed by atoms with Gasteiger partial charge in [-0.2, -0.15) is 0 Å². The highest BCUT2D eigenvalue weighted by Gasteiger charge is 2.21. The molecular weight excluding hydrogens is 258 g/mol. The molecular formula is C18H23N3.